The maximum absolute atomic E-state index is 12.0. The Balaban J connectivity index is 0.00000169. The molecule has 1 rings (SSSR count). The number of rotatable bonds is 1. The number of thiophene rings is 1. The van der Waals surface area contributed by atoms with Crippen LogP contribution in [0.3, 0.4) is 0 Å². The summed E-state index contributed by atoms with van der Waals surface area (Å²) in [6.45, 7) is -5.57. The van der Waals surface area contributed by atoms with E-state index in [1.807, 2.05) is 0 Å². The average Bonchev–Trinajstić information content (AvgIpc) is 2.27. The summed E-state index contributed by atoms with van der Waals surface area (Å²) in [5.74, 6) is 0. The van der Waals surface area contributed by atoms with E-state index < -0.39 is 23.5 Å². The largest absolute Gasteiger partial charge is 1.00 e. The van der Waals surface area contributed by atoms with Crippen LogP contribution >= 0.6 is 11.3 Å². The standard InChI is InChI=1S/C5H2BF6S.K/c7-5(8,9)4-3(1-2-13-4)6(10,11)12;/h1-2H;/q-1;+1. The Morgan fingerprint density at radius 2 is 1.64 bits per heavy atom. The molecule has 0 radical (unpaired) electrons. The predicted octanol–water partition coefficient (Wildman–Crippen LogP) is -0.175. The Morgan fingerprint density at radius 3 is 1.93 bits per heavy atom. The van der Waals surface area contributed by atoms with Crippen molar-refractivity contribution in [2.75, 3.05) is 0 Å². The van der Waals surface area contributed by atoms with Crippen molar-refractivity contribution >= 4 is 23.8 Å². The fourth-order valence-corrected chi connectivity index (χ4v) is 1.63. The van der Waals surface area contributed by atoms with Gasteiger partial charge in [-0.2, -0.15) is 13.2 Å². The molecule has 0 saturated carbocycles. The summed E-state index contributed by atoms with van der Waals surface area (Å²) in [7, 11) is 0. The number of hydrogen-bond acceptors (Lipinski definition) is 1. The second kappa shape index (κ2) is 4.88. The van der Waals surface area contributed by atoms with E-state index in [0.717, 1.165) is 5.38 Å². The van der Waals surface area contributed by atoms with E-state index in [9.17, 15) is 26.1 Å². The number of alkyl halides is 3. The van der Waals surface area contributed by atoms with Crippen LogP contribution in [-0.4, -0.2) is 6.98 Å². The van der Waals surface area contributed by atoms with Crippen molar-refractivity contribution in [2.45, 2.75) is 6.18 Å². The van der Waals surface area contributed by atoms with Gasteiger partial charge in [0.2, 0.25) is 0 Å². The van der Waals surface area contributed by atoms with Crippen LogP contribution in [0.4, 0.5) is 26.1 Å². The predicted molar refractivity (Wildman–Crippen MR) is 38.0 cm³/mol. The topological polar surface area (TPSA) is 0 Å². The van der Waals surface area contributed by atoms with E-state index in [0.29, 0.717) is 6.07 Å². The fraction of sp³-hybridized carbons (Fsp3) is 0.200. The van der Waals surface area contributed by atoms with Crippen LogP contribution in [0.1, 0.15) is 4.88 Å². The molecule has 0 aliphatic heterocycles. The van der Waals surface area contributed by atoms with Gasteiger partial charge in [-0.25, -0.2) is 0 Å². The molecule has 0 fully saturated rings. The normalized spacial score (nSPS) is 12.4. The fourth-order valence-electron chi connectivity index (χ4n) is 0.807. The van der Waals surface area contributed by atoms with Crippen LogP contribution in [0.2, 0.25) is 0 Å². The number of hydrogen-bond donors (Lipinski definition) is 0. The second-order valence-corrected chi connectivity index (χ2v) is 3.19. The third kappa shape index (κ3) is 3.53. The summed E-state index contributed by atoms with van der Waals surface area (Å²) >= 11 is 0.0540. The van der Waals surface area contributed by atoms with Gasteiger partial charge in [-0.3, -0.25) is 0 Å². The van der Waals surface area contributed by atoms with E-state index in [4.69, 9.17) is 0 Å². The summed E-state index contributed by atoms with van der Waals surface area (Å²) in [6.07, 6.45) is -4.92. The van der Waals surface area contributed by atoms with Gasteiger partial charge in [0, 0.05) is 0 Å². The first-order valence-corrected chi connectivity index (χ1v) is 3.95. The molecule has 0 spiro atoms. The smallest absolute Gasteiger partial charge is 0.445 e. The van der Waals surface area contributed by atoms with Gasteiger partial charge < -0.3 is 12.9 Å². The molecule has 0 nitrogen and oxygen atoms in total. The maximum Gasteiger partial charge on any atom is 1.00 e. The molecule has 1 aromatic rings. The quantitative estimate of drug-likeness (QED) is 0.484. The first kappa shape index (κ1) is 15.0. The van der Waals surface area contributed by atoms with Crippen LogP contribution in [0.15, 0.2) is 11.4 Å². The third-order valence-electron chi connectivity index (χ3n) is 1.31. The molecule has 14 heavy (non-hydrogen) atoms. The Labute approximate surface area is 122 Å². The molecule has 0 N–H and O–H groups in total. The summed E-state index contributed by atoms with van der Waals surface area (Å²) < 4.78 is 71.7. The van der Waals surface area contributed by atoms with E-state index in [2.05, 4.69) is 0 Å². The van der Waals surface area contributed by atoms with Gasteiger partial charge in [-0.05, 0) is 5.38 Å². The zero-order valence-electron chi connectivity index (χ0n) is 6.91. The Hall–Kier alpha value is 0.981. The average molecular weight is 258 g/mol. The Kier molecular flexibility index (Phi) is 5.22. The molecule has 0 unspecified atom stereocenters. The number of halogens is 6. The molecule has 0 atom stereocenters. The minimum absolute atomic E-state index is 0. The van der Waals surface area contributed by atoms with Crippen LogP contribution in [0.25, 0.3) is 0 Å². The Morgan fingerprint density at radius 1 is 1.14 bits per heavy atom. The SMILES string of the molecule is F[B-](F)(F)c1ccsc1C(F)(F)F.[K+]. The molecule has 1 aromatic heterocycles. The van der Waals surface area contributed by atoms with Crippen molar-refractivity contribution < 1.29 is 77.5 Å². The van der Waals surface area contributed by atoms with E-state index in [1.54, 1.807) is 0 Å². The van der Waals surface area contributed by atoms with Gasteiger partial charge in [-0.15, -0.1) is 11.3 Å². The summed E-state index contributed by atoms with van der Waals surface area (Å²) in [4.78, 5) is -1.57. The zero-order valence-corrected chi connectivity index (χ0v) is 10.8. The first-order chi connectivity index (χ1) is 5.73. The van der Waals surface area contributed by atoms with Gasteiger partial charge in [0.05, 0.1) is 4.88 Å². The van der Waals surface area contributed by atoms with E-state index >= 15 is 0 Å². The Bertz CT molecular complexity index is 273. The van der Waals surface area contributed by atoms with Crippen molar-refractivity contribution in [2.24, 2.45) is 0 Å². The van der Waals surface area contributed by atoms with Crippen molar-refractivity contribution in [1.82, 2.24) is 0 Å². The van der Waals surface area contributed by atoms with Gasteiger partial charge in [-0.1, -0.05) is 11.5 Å². The molecule has 9 heteroatoms. The first-order valence-electron chi connectivity index (χ1n) is 3.07. The molecule has 0 aromatic carbocycles. The molecule has 0 aliphatic carbocycles. The van der Waals surface area contributed by atoms with Gasteiger partial charge in [0.15, 0.2) is 0 Å². The van der Waals surface area contributed by atoms with Crippen LogP contribution < -0.4 is 56.8 Å². The van der Waals surface area contributed by atoms with Gasteiger partial charge in [0.1, 0.15) is 0 Å². The maximum atomic E-state index is 12.0. The minimum Gasteiger partial charge on any atom is -0.445 e. The van der Waals surface area contributed by atoms with E-state index in [1.165, 1.54) is 0 Å². The molecule has 0 aliphatic rings. The second-order valence-electron chi connectivity index (χ2n) is 2.28. The minimum atomic E-state index is -5.57. The third-order valence-corrected chi connectivity index (χ3v) is 2.28. The molecular weight excluding hydrogens is 256 g/mol. The molecule has 0 saturated heterocycles. The molecular formula is C5H2BF6KS. The zero-order chi connectivity index (χ0) is 10.3. The molecule has 1 heterocycles. The van der Waals surface area contributed by atoms with Crippen LogP contribution in [0, 0.1) is 0 Å². The van der Waals surface area contributed by atoms with Crippen molar-refractivity contribution in [3.8, 4) is 0 Å². The van der Waals surface area contributed by atoms with Crippen molar-refractivity contribution in [1.29, 1.82) is 0 Å². The molecule has 0 bridgehead atoms. The van der Waals surface area contributed by atoms with Gasteiger partial charge >= 0.3 is 64.5 Å². The van der Waals surface area contributed by atoms with Gasteiger partial charge in [0.25, 0.3) is 0 Å². The van der Waals surface area contributed by atoms with Crippen LogP contribution in [-0.2, 0) is 6.18 Å². The van der Waals surface area contributed by atoms with Crippen molar-refractivity contribution in [3.63, 3.8) is 0 Å². The van der Waals surface area contributed by atoms with Crippen LogP contribution in [0.5, 0.6) is 0 Å². The molecule has 0 amide bonds. The summed E-state index contributed by atoms with van der Waals surface area (Å²) in [6, 6.07) is 0.452. The van der Waals surface area contributed by atoms with Crippen molar-refractivity contribution in [3.05, 3.63) is 16.3 Å². The van der Waals surface area contributed by atoms with E-state index in [-0.39, 0.29) is 62.7 Å². The summed E-state index contributed by atoms with van der Waals surface area (Å²) in [5.41, 5.74) is -1.56. The molecule has 74 valence electrons. The monoisotopic (exact) mass is 258 g/mol. The summed E-state index contributed by atoms with van der Waals surface area (Å²) in [5, 5.41) is 0.785.